The van der Waals surface area contributed by atoms with Gasteiger partial charge < -0.3 is 11.1 Å². The number of hydrogen-bond acceptors (Lipinski definition) is 4. The molecule has 2 rings (SSSR count). The van der Waals surface area contributed by atoms with Gasteiger partial charge in [0.2, 0.25) is 5.91 Å². The summed E-state index contributed by atoms with van der Waals surface area (Å²) in [5, 5.41) is 6.32. The number of rotatable bonds is 5. The Kier molecular flexibility index (Phi) is 4.07. The molecule has 3 N–H and O–H groups in total. The van der Waals surface area contributed by atoms with Crippen LogP contribution in [0.25, 0.3) is 0 Å². The van der Waals surface area contributed by atoms with E-state index in [0.29, 0.717) is 12.1 Å². The van der Waals surface area contributed by atoms with Crippen LogP contribution in [0.1, 0.15) is 33.9 Å². The van der Waals surface area contributed by atoms with Crippen LogP contribution in [0, 0.1) is 0 Å². The number of primary amides is 1. The van der Waals surface area contributed by atoms with Crippen molar-refractivity contribution in [3.63, 3.8) is 0 Å². The summed E-state index contributed by atoms with van der Waals surface area (Å²) in [7, 11) is 0. The average Bonchev–Trinajstić information content (AvgIpc) is 2.90. The zero-order chi connectivity index (χ0) is 13.0. The van der Waals surface area contributed by atoms with Crippen LogP contribution in [0.4, 0.5) is 0 Å². The smallest absolute Gasteiger partial charge is 0.249 e. The molecule has 1 aromatic carbocycles. The number of carbonyl (C=O) groups excluding carboxylic acids is 1. The lowest BCUT2D eigenvalue weighted by atomic mass is 10.1. The van der Waals surface area contributed by atoms with Crippen LogP contribution in [0.3, 0.4) is 0 Å². The van der Waals surface area contributed by atoms with E-state index < -0.39 is 5.91 Å². The molecule has 0 aliphatic carbocycles. The van der Waals surface area contributed by atoms with E-state index in [4.69, 9.17) is 5.73 Å². The molecule has 0 spiro atoms. The molecule has 0 radical (unpaired) electrons. The minimum absolute atomic E-state index is 0.158. The summed E-state index contributed by atoms with van der Waals surface area (Å²) in [5.41, 5.74) is 6.82. The fraction of sp³-hybridized carbons (Fsp3) is 0.231. The van der Waals surface area contributed by atoms with Crippen molar-refractivity contribution in [2.45, 2.75) is 19.5 Å². The van der Waals surface area contributed by atoms with Gasteiger partial charge in [-0.25, -0.2) is 4.98 Å². The first-order valence-electron chi connectivity index (χ1n) is 5.69. The molecule has 0 fully saturated rings. The highest BCUT2D eigenvalue weighted by Gasteiger charge is 2.10. The molecular formula is C13H15N3OS. The largest absolute Gasteiger partial charge is 0.366 e. The van der Waals surface area contributed by atoms with Crippen LogP contribution in [-0.4, -0.2) is 10.9 Å². The molecule has 1 unspecified atom stereocenters. The SMILES string of the molecule is CC(NCc1ccccc1C(N)=O)c1nccs1. The Bertz CT molecular complexity index is 525. The first kappa shape index (κ1) is 12.7. The average molecular weight is 261 g/mol. The minimum Gasteiger partial charge on any atom is -0.366 e. The van der Waals surface area contributed by atoms with Crippen molar-refractivity contribution in [2.75, 3.05) is 0 Å². The second-order valence-corrected chi connectivity index (χ2v) is 4.92. The topological polar surface area (TPSA) is 68.0 Å². The first-order valence-corrected chi connectivity index (χ1v) is 6.57. The van der Waals surface area contributed by atoms with Crippen molar-refractivity contribution < 1.29 is 4.79 Å². The number of nitrogens with one attached hydrogen (secondary N) is 1. The predicted octanol–water partition coefficient (Wildman–Crippen LogP) is 2.09. The fourth-order valence-electron chi connectivity index (χ4n) is 1.71. The molecule has 1 atom stereocenters. The molecular weight excluding hydrogens is 246 g/mol. The van der Waals surface area contributed by atoms with Gasteiger partial charge in [0, 0.05) is 23.7 Å². The summed E-state index contributed by atoms with van der Waals surface area (Å²) in [6.45, 7) is 2.64. The van der Waals surface area contributed by atoms with E-state index in [0.717, 1.165) is 10.6 Å². The van der Waals surface area contributed by atoms with Gasteiger partial charge in [0.15, 0.2) is 0 Å². The Morgan fingerprint density at radius 1 is 1.50 bits per heavy atom. The maximum atomic E-state index is 11.3. The maximum Gasteiger partial charge on any atom is 0.249 e. The van der Waals surface area contributed by atoms with Gasteiger partial charge in [-0.05, 0) is 18.6 Å². The van der Waals surface area contributed by atoms with Gasteiger partial charge in [-0.2, -0.15) is 0 Å². The van der Waals surface area contributed by atoms with E-state index in [2.05, 4.69) is 10.3 Å². The van der Waals surface area contributed by atoms with Gasteiger partial charge in [-0.3, -0.25) is 4.79 Å². The van der Waals surface area contributed by atoms with Gasteiger partial charge >= 0.3 is 0 Å². The third-order valence-electron chi connectivity index (χ3n) is 2.70. The Labute approximate surface area is 110 Å². The number of carbonyl (C=O) groups is 1. The van der Waals surface area contributed by atoms with Gasteiger partial charge in [0.1, 0.15) is 5.01 Å². The monoisotopic (exact) mass is 261 g/mol. The Morgan fingerprint density at radius 3 is 2.94 bits per heavy atom. The number of nitrogens with two attached hydrogens (primary N) is 1. The normalized spacial score (nSPS) is 12.3. The molecule has 94 valence electrons. The second kappa shape index (κ2) is 5.75. The minimum atomic E-state index is -0.394. The Morgan fingerprint density at radius 2 is 2.28 bits per heavy atom. The number of nitrogens with zero attached hydrogens (tertiary/aromatic N) is 1. The number of benzene rings is 1. The van der Waals surface area contributed by atoms with Crippen molar-refractivity contribution in [1.82, 2.24) is 10.3 Å². The van der Waals surface area contributed by atoms with Gasteiger partial charge in [0.05, 0.1) is 6.04 Å². The van der Waals surface area contributed by atoms with Crippen LogP contribution in [-0.2, 0) is 6.54 Å². The zero-order valence-corrected chi connectivity index (χ0v) is 10.9. The summed E-state index contributed by atoms with van der Waals surface area (Å²) in [6.07, 6.45) is 1.79. The maximum absolute atomic E-state index is 11.3. The third kappa shape index (κ3) is 2.94. The van der Waals surface area contributed by atoms with Crippen LogP contribution in [0.2, 0.25) is 0 Å². The summed E-state index contributed by atoms with van der Waals surface area (Å²) in [6, 6.07) is 7.52. The highest BCUT2D eigenvalue weighted by Crippen LogP contribution is 2.16. The molecule has 5 heteroatoms. The van der Waals surface area contributed by atoms with E-state index in [1.54, 1.807) is 23.6 Å². The van der Waals surface area contributed by atoms with Crippen LogP contribution < -0.4 is 11.1 Å². The predicted molar refractivity (Wildman–Crippen MR) is 72.3 cm³/mol. The van der Waals surface area contributed by atoms with E-state index in [-0.39, 0.29) is 6.04 Å². The highest BCUT2D eigenvalue weighted by molar-refractivity contribution is 7.09. The van der Waals surface area contributed by atoms with Gasteiger partial charge in [-0.15, -0.1) is 11.3 Å². The van der Waals surface area contributed by atoms with Crippen molar-refractivity contribution in [3.8, 4) is 0 Å². The van der Waals surface area contributed by atoms with E-state index in [1.165, 1.54) is 0 Å². The standard InChI is InChI=1S/C13H15N3OS/c1-9(13-15-6-7-18-13)16-8-10-4-2-3-5-11(10)12(14)17/h2-7,9,16H,8H2,1H3,(H2,14,17). The van der Waals surface area contributed by atoms with Crippen LogP contribution >= 0.6 is 11.3 Å². The zero-order valence-electron chi connectivity index (χ0n) is 10.1. The molecule has 1 aromatic heterocycles. The van der Waals surface area contributed by atoms with E-state index in [1.807, 2.05) is 30.5 Å². The van der Waals surface area contributed by atoms with Gasteiger partial charge in [-0.1, -0.05) is 18.2 Å². The number of hydrogen-bond donors (Lipinski definition) is 2. The number of thiazole rings is 1. The summed E-state index contributed by atoms with van der Waals surface area (Å²) in [5.74, 6) is -0.394. The summed E-state index contributed by atoms with van der Waals surface area (Å²) >= 11 is 1.61. The molecule has 0 aliphatic heterocycles. The van der Waals surface area contributed by atoms with Crippen molar-refractivity contribution >= 4 is 17.2 Å². The van der Waals surface area contributed by atoms with Crippen molar-refractivity contribution in [1.29, 1.82) is 0 Å². The molecule has 4 nitrogen and oxygen atoms in total. The number of aromatic nitrogens is 1. The summed E-state index contributed by atoms with van der Waals surface area (Å²) in [4.78, 5) is 15.5. The third-order valence-corrected chi connectivity index (χ3v) is 3.66. The molecule has 1 amide bonds. The first-order chi connectivity index (χ1) is 8.68. The highest BCUT2D eigenvalue weighted by atomic mass is 32.1. The molecule has 2 aromatic rings. The lowest BCUT2D eigenvalue weighted by Gasteiger charge is -2.12. The molecule has 0 aliphatic rings. The van der Waals surface area contributed by atoms with Crippen LogP contribution in [0.5, 0.6) is 0 Å². The lowest BCUT2D eigenvalue weighted by molar-refractivity contribution is 0.0999. The lowest BCUT2D eigenvalue weighted by Crippen LogP contribution is -2.21. The quantitative estimate of drug-likeness (QED) is 0.866. The molecule has 0 saturated heterocycles. The molecule has 18 heavy (non-hydrogen) atoms. The molecule has 1 heterocycles. The molecule has 0 saturated carbocycles. The van der Waals surface area contributed by atoms with Crippen molar-refractivity contribution in [3.05, 3.63) is 52.0 Å². The van der Waals surface area contributed by atoms with Crippen molar-refractivity contribution in [2.24, 2.45) is 5.73 Å². The van der Waals surface area contributed by atoms with Crippen LogP contribution in [0.15, 0.2) is 35.8 Å². The van der Waals surface area contributed by atoms with Gasteiger partial charge in [0.25, 0.3) is 0 Å². The fourth-order valence-corrected chi connectivity index (χ4v) is 2.38. The molecule has 0 bridgehead atoms. The Hall–Kier alpha value is -1.72. The number of amides is 1. The van der Waals surface area contributed by atoms with E-state index in [9.17, 15) is 4.79 Å². The Balaban J connectivity index is 2.04. The second-order valence-electron chi connectivity index (χ2n) is 3.99. The summed E-state index contributed by atoms with van der Waals surface area (Å²) < 4.78 is 0. The van der Waals surface area contributed by atoms with E-state index >= 15 is 0 Å².